The molecule has 6 fully saturated rings. The highest BCUT2D eigenvalue weighted by atomic mass is 16.6. The number of carbonyl (C=O) groups is 4. The van der Waals surface area contributed by atoms with Crippen molar-refractivity contribution in [3.63, 3.8) is 0 Å². The summed E-state index contributed by atoms with van der Waals surface area (Å²) in [5, 5.41) is 12.6. The second-order valence-electron chi connectivity index (χ2n) is 16.5. The summed E-state index contributed by atoms with van der Waals surface area (Å²) in [7, 11) is 1.42. The van der Waals surface area contributed by atoms with E-state index in [-0.39, 0.29) is 41.7 Å². The van der Waals surface area contributed by atoms with Crippen LogP contribution in [0.25, 0.3) is 0 Å². The van der Waals surface area contributed by atoms with Gasteiger partial charge in [0.15, 0.2) is 22.8 Å². The van der Waals surface area contributed by atoms with E-state index in [9.17, 15) is 24.3 Å². The van der Waals surface area contributed by atoms with Crippen LogP contribution in [-0.4, -0.2) is 58.6 Å². The molecule has 1 N–H and O–H groups in total. The molecule has 8 heteroatoms. The molecule has 2 bridgehead atoms. The summed E-state index contributed by atoms with van der Waals surface area (Å²) in [4.78, 5) is 54.9. The number of methoxy groups -OCH3 is 1. The summed E-state index contributed by atoms with van der Waals surface area (Å²) >= 11 is 0. The summed E-state index contributed by atoms with van der Waals surface area (Å²) in [6, 6.07) is 0. The molecule has 0 radical (unpaired) electrons. The number of rotatable bonds is 2. The van der Waals surface area contributed by atoms with Crippen molar-refractivity contribution in [3.05, 3.63) is 0 Å². The van der Waals surface area contributed by atoms with E-state index in [2.05, 4.69) is 13.8 Å². The van der Waals surface area contributed by atoms with Gasteiger partial charge in [0, 0.05) is 24.2 Å². The number of ketones is 2. The topological polar surface area (TPSA) is 116 Å². The monoisotopic (exact) mass is 572 g/mol. The smallest absolute Gasteiger partial charge is 0.311 e. The van der Waals surface area contributed by atoms with Crippen molar-refractivity contribution in [3.8, 4) is 0 Å². The predicted molar refractivity (Wildman–Crippen MR) is 148 cm³/mol. The maximum atomic E-state index is 14.9. The van der Waals surface area contributed by atoms with Gasteiger partial charge in [-0.25, -0.2) is 0 Å². The molecule has 0 aromatic rings. The first kappa shape index (κ1) is 29.3. The third kappa shape index (κ3) is 2.91. The fourth-order valence-corrected chi connectivity index (χ4v) is 11.6. The molecular formula is C33H48O8. The third-order valence-corrected chi connectivity index (χ3v) is 14.5. The van der Waals surface area contributed by atoms with Crippen molar-refractivity contribution >= 4 is 23.5 Å². The van der Waals surface area contributed by atoms with Gasteiger partial charge in [-0.1, -0.05) is 34.6 Å². The van der Waals surface area contributed by atoms with Gasteiger partial charge in [0.25, 0.3) is 0 Å². The van der Waals surface area contributed by atoms with Crippen LogP contribution < -0.4 is 0 Å². The number of aliphatic hydroxyl groups is 1. The van der Waals surface area contributed by atoms with E-state index >= 15 is 0 Å². The van der Waals surface area contributed by atoms with E-state index < -0.39 is 56.0 Å². The minimum Gasteiger partial charge on any atom is -0.469 e. The Kier molecular flexibility index (Phi) is 5.59. The van der Waals surface area contributed by atoms with Crippen LogP contribution in [0.3, 0.4) is 0 Å². The van der Waals surface area contributed by atoms with Crippen molar-refractivity contribution in [2.45, 2.75) is 136 Å². The average Bonchev–Trinajstić information content (AvgIpc) is 3.28. The largest absolute Gasteiger partial charge is 0.469 e. The molecule has 8 nitrogen and oxygen atoms in total. The van der Waals surface area contributed by atoms with Gasteiger partial charge in [0.1, 0.15) is 6.10 Å². The summed E-state index contributed by atoms with van der Waals surface area (Å²) in [5.74, 6) is -1.19. The molecule has 4 aliphatic carbocycles. The van der Waals surface area contributed by atoms with E-state index in [4.69, 9.17) is 14.2 Å². The molecule has 2 saturated heterocycles. The molecule has 2 spiro atoms. The Morgan fingerprint density at radius 1 is 0.878 bits per heavy atom. The van der Waals surface area contributed by atoms with Gasteiger partial charge in [-0.2, -0.15) is 0 Å². The van der Waals surface area contributed by atoms with Crippen molar-refractivity contribution < 1.29 is 38.5 Å². The van der Waals surface area contributed by atoms with Crippen LogP contribution in [0.15, 0.2) is 0 Å². The van der Waals surface area contributed by atoms with E-state index in [0.717, 1.165) is 12.8 Å². The molecule has 6 rings (SSSR count). The zero-order valence-electron chi connectivity index (χ0n) is 26.3. The number of hydrogen-bond acceptors (Lipinski definition) is 8. The number of fused-ring (bicyclic) bond motifs is 3. The van der Waals surface area contributed by atoms with Crippen LogP contribution >= 0.6 is 0 Å². The number of hydrogen-bond donors (Lipinski definition) is 1. The number of carbonyl (C=O) groups excluding carboxylic acids is 4. The van der Waals surface area contributed by atoms with Crippen LogP contribution in [0.5, 0.6) is 0 Å². The Bertz CT molecular complexity index is 1270. The highest BCUT2D eigenvalue weighted by Crippen LogP contribution is 2.80. The molecule has 2 aliphatic heterocycles. The molecule has 10 unspecified atom stereocenters. The fraction of sp³-hybridized carbons (Fsp3) is 0.879. The second-order valence-corrected chi connectivity index (χ2v) is 16.5. The normalized spacial score (nSPS) is 54.9. The number of Topliss-reactive ketones (excluding diaryl/α,β-unsaturated/α-hetero) is 2. The maximum Gasteiger partial charge on any atom is 0.311 e. The first-order valence-corrected chi connectivity index (χ1v) is 15.5. The van der Waals surface area contributed by atoms with Crippen LogP contribution in [0.4, 0.5) is 0 Å². The highest BCUT2D eigenvalue weighted by Gasteiger charge is 2.91. The van der Waals surface area contributed by atoms with Gasteiger partial charge in [-0.3, -0.25) is 19.2 Å². The Morgan fingerprint density at radius 2 is 1.51 bits per heavy atom. The van der Waals surface area contributed by atoms with Crippen LogP contribution in [0.2, 0.25) is 0 Å². The lowest BCUT2D eigenvalue weighted by Gasteiger charge is -2.69. The summed E-state index contributed by atoms with van der Waals surface area (Å²) in [6.45, 7) is 15.5. The van der Waals surface area contributed by atoms with Gasteiger partial charge in [-0.15, -0.1) is 0 Å². The first-order valence-electron chi connectivity index (χ1n) is 15.5. The Balaban J connectivity index is 1.52. The Morgan fingerprint density at radius 3 is 2.12 bits per heavy atom. The van der Waals surface area contributed by atoms with Gasteiger partial charge in [0.05, 0.1) is 23.5 Å². The van der Waals surface area contributed by atoms with Gasteiger partial charge in [0.2, 0.25) is 0 Å². The quantitative estimate of drug-likeness (QED) is 0.473. The molecule has 0 amide bonds. The minimum absolute atomic E-state index is 0.0132. The van der Waals surface area contributed by atoms with Gasteiger partial charge >= 0.3 is 11.9 Å². The molecule has 0 aromatic carbocycles. The van der Waals surface area contributed by atoms with Crippen molar-refractivity contribution in [2.75, 3.05) is 7.11 Å². The molecule has 228 valence electrons. The lowest BCUT2D eigenvalue weighted by Crippen LogP contribution is -2.78. The second kappa shape index (κ2) is 7.82. The number of ether oxygens (including phenoxy) is 3. The lowest BCUT2D eigenvalue weighted by molar-refractivity contribution is -0.246. The summed E-state index contributed by atoms with van der Waals surface area (Å²) in [6.07, 6.45) is 4.21. The zero-order valence-corrected chi connectivity index (χ0v) is 26.3. The molecule has 0 aromatic heterocycles. The van der Waals surface area contributed by atoms with E-state index in [1.165, 1.54) is 14.0 Å². The van der Waals surface area contributed by atoms with Gasteiger partial charge < -0.3 is 19.3 Å². The van der Waals surface area contributed by atoms with Crippen LogP contribution in [0, 0.1) is 38.4 Å². The molecule has 6 aliphatic rings. The first-order chi connectivity index (χ1) is 18.7. The lowest BCUT2D eigenvalue weighted by atomic mass is 9.33. The Labute approximate surface area is 243 Å². The highest BCUT2D eigenvalue weighted by molar-refractivity contribution is 6.09. The van der Waals surface area contributed by atoms with Gasteiger partial charge in [-0.05, 0) is 82.0 Å². The molecule has 41 heavy (non-hydrogen) atoms. The molecule has 4 saturated carbocycles. The standard InChI is InChI=1S/C33H48O8/c1-19(34)40-21-10-11-29(7)23(36)32-17-30(8)20-16-27(5,24(37)39-9)13-12-26(20,4)14-15-28(30,6)22(35)31(32,38)18-33(29,41-32)25(21,2)3/h20-21,38H,10-18H2,1-9H3. The van der Waals surface area contributed by atoms with Crippen molar-refractivity contribution in [2.24, 2.45) is 38.4 Å². The SMILES string of the molecule is COC(=O)C1(C)CCC2(C)CCC3(C)C(=O)C4(O)CC56OC4(CC3(C)C2C1)C(=O)C5(C)CCC(OC(C)=O)C6(C)C. The van der Waals surface area contributed by atoms with Crippen LogP contribution in [-0.2, 0) is 33.4 Å². The molecule has 2 heterocycles. The van der Waals surface area contributed by atoms with Crippen molar-refractivity contribution in [1.82, 2.24) is 0 Å². The Hall–Kier alpha value is -1.80. The third-order valence-electron chi connectivity index (χ3n) is 14.5. The summed E-state index contributed by atoms with van der Waals surface area (Å²) < 4.78 is 18.1. The van der Waals surface area contributed by atoms with E-state index in [0.29, 0.717) is 32.1 Å². The minimum atomic E-state index is -1.97. The molecule has 10 atom stereocenters. The van der Waals surface area contributed by atoms with E-state index in [1.807, 2.05) is 34.6 Å². The zero-order chi connectivity index (χ0) is 30.4. The average molecular weight is 573 g/mol. The van der Waals surface area contributed by atoms with Crippen molar-refractivity contribution in [1.29, 1.82) is 0 Å². The molecular weight excluding hydrogens is 524 g/mol. The number of esters is 2. The predicted octanol–water partition coefficient (Wildman–Crippen LogP) is 4.72. The maximum absolute atomic E-state index is 14.9. The van der Waals surface area contributed by atoms with Crippen LogP contribution in [0.1, 0.15) is 113 Å². The summed E-state index contributed by atoms with van der Waals surface area (Å²) in [5.41, 5.74) is -9.01. The fourth-order valence-electron chi connectivity index (χ4n) is 11.6. The van der Waals surface area contributed by atoms with E-state index in [1.54, 1.807) is 0 Å².